The molecule has 3 aromatic carbocycles. The van der Waals surface area contributed by atoms with E-state index in [1.165, 1.54) is 0 Å². The maximum atomic E-state index is 14.1. The number of nitrogens with zero attached hydrogens (tertiary/aromatic N) is 1. The molecule has 0 fully saturated rings. The highest BCUT2D eigenvalue weighted by Gasteiger charge is 2.57. The third-order valence-electron chi connectivity index (χ3n) is 6.46. The fourth-order valence-corrected chi connectivity index (χ4v) is 4.90. The molecule has 3 aliphatic heterocycles. The van der Waals surface area contributed by atoms with Gasteiger partial charge in [-0.2, -0.15) is 0 Å². The van der Waals surface area contributed by atoms with Crippen LogP contribution in [0.4, 0.5) is 5.69 Å². The molecule has 1 unspecified atom stereocenters. The number of benzene rings is 3. The van der Waals surface area contributed by atoms with Crippen LogP contribution in [0.2, 0.25) is 0 Å². The van der Waals surface area contributed by atoms with Crippen LogP contribution in [0.3, 0.4) is 0 Å². The molecule has 172 valence electrons. The largest absolute Gasteiger partial charge is 0.491 e. The zero-order valence-electron chi connectivity index (χ0n) is 18.3. The lowest BCUT2D eigenvalue weighted by atomic mass is 9.77. The summed E-state index contributed by atoms with van der Waals surface area (Å²) < 4.78 is 22.9. The minimum absolute atomic E-state index is 0.0433. The Morgan fingerprint density at radius 2 is 1.68 bits per heavy atom. The van der Waals surface area contributed by atoms with Gasteiger partial charge in [-0.3, -0.25) is 9.59 Å². The number of amides is 2. The molecule has 34 heavy (non-hydrogen) atoms. The van der Waals surface area contributed by atoms with Crippen LogP contribution in [0.15, 0.2) is 60.7 Å². The first-order valence-electron chi connectivity index (χ1n) is 11.0. The number of hydrogen-bond donors (Lipinski definition) is 1. The van der Waals surface area contributed by atoms with E-state index in [9.17, 15) is 9.59 Å². The average molecular weight is 458 g/mol. The molecular weight excluding hydrogens is 436 g/mol. The Labute approximate surface area is 195 Å². The Morgan fingerprint density at radius 3 is 2.44 bits per heavy atom. The molecule has 2 amide bonds. The molecule has 0 saturated carbocycles. The van der Waals surface area contributed by atoms with Gasteiger partial charge in [0, 0.05) is 17.3 Å². The van der Waals surface area contributed by atoms with Crippen molar-refractivity contribution >= 4 is 17.5 Å². The standard InChI is InChI=1S/C26H22N2O6/c27-24(29)14-33-17-7-5-16(6-8-17)13-28-20-4-2-1-3-18(20)26(25(28)30)15-34-21-12-23-22(11-19(21)26)31-9-10-32-23/h1-8,11-12H,9-10,13-15H2,(H2,27,29). The number of ether oxygens (including phenoxy) is 4. The van der Waals surface area contributed by atoms with Gasteiger partial charge in [0.25, 0.3) is 5.91 Å². The molecule has 3 aromatic rings. The normalized spacial score (nSPS) is 19.5. The number of carbonyl (C=O) groups excluding carboxylic acids is 2. The second-order valence-electron chi connectivity index (χ2n) is 8.49. The van der Waals surface area contributed by atoms with E-state index in [1.807, 2.05) is 48.5 Å². The lowest BCUT2D eigenvalue weighted by molar-refractivity contribution is -0.122. The zero-order chi connectivity index (χ0) is 23.3. The number of nitrogens with two attached hydrogens (primary N) is 1. The highest BCUT2D eigenvalue weighted by Crippen LogP contribution is 2.55. The van der Waals surface area contributed by atoms with E-state index in [1.54, 1.807) is 17.0 Å². The quantitative estimate of drug-likeness (QED) is 0.631. The first-order chi connectivity index (χ1) is 16.6. The summed E-state index contributed by atoms with van der Waals surface area (Å²) in [6.07, 6.45) is 0. The van der Waals surface area contributed by atoms with Crippen LogP contribution in [0.1, 0.15) is 16.7 Å². The lowest BCUT2D eigenvalue weighted by Gasteiger charge is -2.24. The van der Waals surface area contributed by atoms with Gasteiger partial charge >= 0.3 is 0 Å². The van der Waals surface area contributed by atoms with Crippen molar-refractivity contribution in [3.8, 4) is 23.0 Å². The SMILES string of the molecule is NC(=O)COc1ccc(CN2C(=O)C3(COc4cc5c(cc43)OCCO5)c3ccccc32)cc1. The van der Waals surface area contributed by atoms with Crippen molar-refractivity contribution in [2.45, 2.75) is 12.0 Å². The predicted octanol–water partition coefficient (Wildman–Crippen LogP) is 2.55. The minimum atomic E-state index is -0.938. The molecule has 0 bridgehead atoms. The first kappa shape index (κ1) is 20.4. The van der Waals surface area contributed by atoms with Crippen molar-refractivity contribution in [2.24, 2.45) is 5.73 Å². The van der Waals surface area contributed by atoms with E-state index < -0.39 is 11.3 Å². The molecule has 1 atom stereocenters. The molecule has 0 saturated heterocycles. The van der Waals surface area contributed by atoms with E-state index in [-0.39, 0.29) is 19.1 Å². The summed E-state index contributed by atoms with van der Waals surface area (Å²) in [5, 5.41) is 0. The van der Waals surface area contributed by atoms with Crippen LogP contribution in [0.25, 0.3) is 0 Å². The lowest BCUT2D eigenvalue weighted by Crippen LogP contribution is -2.42. The molecule has 1 spiro atoms. The molecule has 2 N–H and O–H groups in total. The van der Waals surface area contributed by atoms with Crippen molar-refractivity contribution in [3.05, 3.63) is 77.4 Å². The third-order valence-corrected chi connectivity index (χ3v) is 6.46. The summed E-state index contributed by atoms with van der Waals surface area (Å²) in [4.78, 5) is 26.8. The Bertz CT molecular complexity index is 1310. The van der Waals surface area contributed by atoms with E-state index in [4.69, 9.17) is 24.7 Å². The fraction of sp³-hybridized carbons (Fsp3) is 0.231. The smallest absolute Gasteiger partial charge is 0.255 e. The molecular formula is C26H22N2O6. The topological polar surface area (TPSA) is 100 Å². The highest BCUT2D eigenvalue weighted by molar-refractivity contribution is 6.11. The molecule has 3 aliphatic rings. The molecule has 8 nitrogen and oxygen atoms in total. The van der Waals surface area contributed by atoms with Gasteiger partial charge in [-0.15, -0.1) is 0 Å². The number of fused-ring (bicyclic) bond motifs is 5. The van der Waals surface area contributed by atoms with Crippen LogP contribution in [0, 0.1) is 0 Å². The number of carbonyl (C=O) groups is 2. The van der Waals surface area contributed by atoms with Gasteiger partial charge in [-0.25, -0.2) is 0 Å². The van der Waals surface area contributed by atoms with E-state index in [2.05, 4.69) is 0 Å². The van der Waals surface area contributed by atoms with E-state index >= 15 is 0 Å². The Hall–Kier alpha value is -4.20. The average Bonchev–Trinajstić information content (AvgIpc) is 3.34. The van der Waals surface area contributed by atoms with Crippen LogP contribution < -0.4 is 29.6 Å². The van der Waals surface area contributed by atoms with Gasteiger partial charge in [-0.05, 0) is 35.4 Å². The van der Waals surface area contributed by atoms with Crippen molar-refractivity contribution in [2.75, 3.05) is 31.3 Å². The molecule has 0 aliphatic carbocycles. The first-order valence-corrected chi connectivity index (χ1v) is 11.0. The summed E-state index contributed by atoms with van der Waals surface area (Å²) >= 11 is 0. The maximum Gasteiger partial charge on any atom is 0.255 e. The molecule has 0 aromatic heterocycles. The Balaban J connectivity index is 1.35. The highest BCUT2D eigenvalue weighted by atomic mass is 16.6. The third kappa shape index (κ3) is 3.06. The number of rotatable bonds is 5. The number of anilines is 1. The van der Waals surface area contributed by atoms with Crippen molar-refractivity contribution in [1.29, 1.82) is 0 Å². The van der Waals surface area contributed by atoms with E-state index in [0.29, 0.717) is 42.8 Å². The monoisotopic (exact) mass is 458 g/mol. The predicted molar refractivity (Wildman–Crippen MR) is 122 cm³/mol. The number of para-hydroxylation sites is 1. The number of hydrogen-bond acceptors (Lipinski definition) is 6. The van der Waals surface area contributed by atoms with Gasteiger partial charge in [-0.1, -0.05) is 30.3 Å². The summed E-state index contributed by atoms with van der Waals surface area (Å²) in [7, 11) is 0. The van der Waals surface area contributed by atoms with Gasteiger partial charge < -0.3 is 29.6 Å². The van der Waals surface area contributed by atoms with Crippen LogP contribution in [-0.4, -0.2) is 38.2 Å². The van der Waals surface area contributed by atoms with Crippen LogP contribution in [0.5, 0.6) is 23.0 Å². The van der Waals surface area contributed by atoms with Gasteiger partial charge in [0.1, 0.15) is 36.7 Å². The van der Waals surface area contributed by atoms with E-state index in [0.717, 1.165) is 22.4 Å². The van der Waals surface area contributed by atoms with Crippen molar-refractivity contribution in [3.63, 3.8) is 0 Å². The summed E-state index contributed by atoms with van der Waals surface area (Å²) in [6.45, 7) is 1.37. The van der Waals surface area contributed by atoms with Gasteiger partial charge in [0.2, 0.25) is 5.91 Å². The summed E-state index contributed by atoms with van der Waals surface area (Å²) in [5.74, 6) is 1.87. The summed E-state index contributed by atoms with van der Waals surface area (Å²) in [5.41, 5.74) is 7.69. The molecule has 0 radical (unpaired) electrons. The van der Waals surface area contributed by atoms with Crippen molar-refractivity contribution in [1.82, 2.24) is 0 Å². The second-order valence-corrected chi connectivity index (χ2v) is 8.49. The molecule has 6 rings (SSSR count). The van der Waals surface area contributed by atoms with Crippen LogP contribution >= 0.6 is 0 Å². The number of primary amides is 1. The molecule has 8 heteroatoms. The Kier molecular flexibility index (Phi) is 4.62. The van der Waals surface area contributed by atoms with Crippen molar-refractivity contribution < 1.29 is 28.5 Å². The fourth-order valence-electron chi connectivity index (χ4n) is 4.90. The Morgan fingerprint density at radius 1 is 0.941 bits per heavy atom. The van der Waals surface area contributed by atoms with Gasteiger partial charge in [0.15, 0.2) is 18.1 Å². The zero-order valence-corrected chi connectivity index (χ0v) is 18.3. The minimum Gasteiger partial charge on any atom is -0.491 e. The maximum absolute atomic E-state index is 14.1. The van der Waals surface area contributed by atoms with Crippen LogP contribution in [-0.2, 0) is 21.5 Å². The summed E-state index contributed by atoms with van der Waals surface area (Å²) in [6, 6.07) is 18.8. The van der Waals surface area contributed by atoms with Gasteiger partial charge in [0.05, 0.1) is 6.54 Å². The second kappa shape index (κ2) is 7.69. The molecule has 3 heterocycles.